The lowest BCUT2D eigenvalue weighted by molar-refractivity contribution is 0.415. The van der Waals surface area contributed by atoms with Gasteiger partial charge in [-0.25, -0.2) is 9.97 Å². The van der Waals surface area contributed by atoms with E-state index in [0.717, 1.165) is 59.2 Å². The molecule has 2 radical (unpaired) electrons. The fraction of sp³-hybridized carbons (Fsp3) is 0.350. The molecule has 0 aliphatic carbocycles. The first-order valence-corrected chi connectivity index (χ1v) is 8.47. The molecule has 1 aromatic heterocycles. The van der Waals surface area contributed by atoms with Crippen LogP contribution in [0.5, 0.6) is 5.75 Å². The van der Waals surface area contributed by atoms with Crippen molar-refractivity contribution in [2.45, 2.75) is 19.3 Å². The molecule has 4 heteroatoms. The lowest BCUT2D eigenvalue weighted by atomic mass is 10.0. The highest BCUT2D eigenvalue weighted by molar-refractivity contribution is 6.11. The van der Waals surface area contributed by atoms with Crippen LogP contribution in [0.15, 0.2) is 30.6 Å². The maximum atomic E-state index is 5.34. The highest BCUT2D eigenvalue weighted by Gasteiger charge is 2.18. The molecular weight excluding hydrogens is 298 g/mol. The highest BCUT2D eigenvalue weighted by Crippen LogP contribution is 2.33. The number of aromatic nitrogens is 2. The first kappa shape index (κ1) is 15.2. The maximum absolute atomic E-state index is 5.34. The molecule has 0 N–H and O–H groups in total. The summed E-state index contributed by atoms with van der Waals surface area (Å²) in [5.74, 6) is 2.40. The van der Waals surface area contributed by atoms with E-state index in [0.29, 0.717) is 5.92 Å². The Labute approximate surface area is 142 Å². The highest BCUT2D eigenvalue weighted by atomic mass is 16.5. The van der Waals surface area contributed by atoms with Crippen LogP contribution in [0.1, 0.15) is 19.3 Å². The first-order valence-electron chi connectivity index (χ1n) is 8.47. The van der Waals surface area contributed by atoms with Gasteiger partial charge in [-0.1, -0.05) is 6.92 Å². The van der Waals surface area contributed by atoms with Gasteiger partial charge in [0.05, 0.1) is 18.0 Å². The molecular formula is C20H21N3O. The van der Waals surface area contributed by atoms with Crippen LogP contribution >= 0.6 is 0 Å². The average molecular weight is 319 g/mol. The third-order valence-corrected chi connectivity index (χ3v) is 4.86. The van der Waals surface area contributed by atoms with E-state index < -0.39 is 0 Å². The molecule has 0 spiro atoms. The fourth-order valence-electron chi connectivity index (χ4n) is 3.51. The van der Waals surface area contributed by atoms with Crippen molar-refractivity contribution in [2.75, 3.05) is 25.1 Å². The van der Waals surface area contributed by atoms with Gasteiger partial charge in [0, 0.05) is 13.1 Å². The normalized spacial score (nSPS) is 18.8. The number of ether oxygens (including phenoxy) is 1. The number of benzene rings is 2. The summed E-state index contributed by atoms with van der Waals surface area (Å²) in [6.07, 6.45) is 5.11. The molecule has 4 rings (SSSR count). The summed E-state index contributed by atoms with van der Waals surface area (Å²) in [6, 6.07) is 11.4. The van der Waals surface area contributed by atoms with E-state index in [1.807, 2.05) is 18.2 Å². The molecule has 1 fully saturated rings. The zero-order chi connectivity index (χ0) is 16.5. The number of anilines is 1. The summed E-state index contributed by atoms with van der Waals surface area (Å²) in [4.78, 5) is 11.5. The number of fused-ring (bicyclic) bond motifs is 3. The largest absolute Gasteiger partial charge is 0.497 e. The van der Waals surface area contributed by atoms with E-state index in [1.54, 1.807) is 13.4 Å². The quantitative estimate of drug-likeness (QED) is 0.668. The summed E-state index contributed by atoms with van der Waals surface area (Å²) in [5.41, 5.74) is 0.938. The van der Waals surface area contributed by atoms with Crippen LogP contribution in [0.25, 0.3) is 21.7 Å². The molecule has 4 nitrogen and oxygen atoms in total. The Morgan fingerprint density at radius 2 is 2.17 bits per heavy atom. The lowest BCUT2D eigenvalue weighted by Crippen LogP contribution is -2.25. The van der Waals surface area contributed by atoms with Crippen LogP contribution in [-0.2, 0) is 0 Å². The van der Waals surface area contributed by atoms with Gasteiger partial charge in [0.15, 0.2) is 0 Å². The number of hydrogen-bond donors (Lipinski definition) is 0. The smallest absolute Gasteiger partial charge is 0.140 e. The molecule has 0 saturated carbocycles. The third-order valence-electron chi connectivity index (χ3n) is 4.86. The van der Waals surface area contributed by atoms with Gasteiger partial charge < -0.3 is 9.64 Å². The number of methoxy groups -OCH3 is 1. The summed E-state index contributed by atoms with van der Waals surface area (Å²) in [7, 11) is 1.68. The Hall–Kier alpha value is -2.36. The van der Waals surface area contributed by atoms with Gasteiger partial charge in [0.1, 0.15) is 17.9 Å². The van der Waals surface area contributed by atoms with Crippen molar-refractivity contribution in [3.63, 3.8) is 0 Å². The molecule has 2 aromatic carbocycles. The zero-order valence-corrected chi connectivity index (χ0v) is 14.0. The fourth-order valence-corrected chi connectivity index (χ4v) is 3.51. The molecule has 1 aliphatic heterocycles. The van der Waals surface area contributed by atoms with E-state index in [1.165, 1.54) is 6.42 Å². The van der Waals surface area contributed by atoms with Crippen molar-refractivity contribution < 1.29 is 4.74 Å². The Bertz CT molecular complexity index is 877. The molecule has 1 atom stereocenters. The van der Waals surface area contributed by atoms with E-state index in [4.69, 9.17) is 4.74 Å². The Morgan fingerprint density at radius 3 is 3.04 bits per heavy atom. The van der Waals surface area contributed by atoms with Crippen molar-refractivity contribution in [1.82, 2.24) is 9.97 Å². The van der Waals surface area contributed by atoms with Crippen LogP contribution in [0.4, 0.5) is 5.82 Å². The van der Waals surface area contributed by atoms with Crippen molar-refractivity contribution in [3.05, 3.63) is 43.6 Å². The molecule has 1 unspecified atom stereocenters. The van der Waals surface area contributed by atoms with E-state index in [9.17, 15) is 0 Å². The zero-order valence-electron chi connectivity index (χ0n) is 14.0. The first-order chi connectivity index (χ1) is 11.8. The molecule has 3 aromatic rings. The molecule has 1 aliphatic rings. The van der Waals surface area contributed by atoms with Gasteiger partial charge in [0.25, 0.3) is 0 Å². The molecule has 0 amide bonds. The second-order valence-electron chi connectivity index (χ2n) is 6.44. The topological polar surface area (TPSA) is 38.2 Å². The predicted molar refractivity (Wildman–Crippen MR) is 97.3 cm³/mol. The molecule has 1 saturated heterocycles. The minimum absolute atomic E-state index is 0.539. The van der Waals surface area contributed by atoms with Gasteiger partial charge in [-0.3, -0.25) is 0 Å². The Kier molecular flexibility index (Phi) is 3.97. The van der Waals surface area contributed by atoms with Crippen molar-refractivity contribution >= 4 is 27.5 Å². The standard InChI is InChI=1S/C20H21N3O/c1-14-4-3-10-23(11-9-14)20-19-17-7-6-16(24-2)12-15(17)5-8-18(19)21-13-22-20/h6-8,12-14H,1,3-4,9-11H2,2H3. The Morgan fingerprint density at radius 1 is 1.25 bits per heavy atom. The number of nitrogens with zero attached hydrogens (tertiary/aromatic N) is 3. The second kappa shape index (κ2) is 6.27. The van der Waals surface area contributed by atoms with E-state index in [-0.39, 0.29) is 0 Å². The molecule has 24 heavy (non-hydrogen) atoms. The van der Waals surface area contributed by atoms with Gasteiger partial charge in [-0.15, -0.1) is 0 Å². The van der Waals surface area contributed by atoms with E-state index in [2.05, 4.69) is 33.9 Å². The van der Waals surface area contributed by atoms with Crippen molar-refractivity contribution in [1.29, 1.82) is 0 Å². The minimum Gasteiger partial charge on any atom is -0.497 e. The van der Waals surface area contributed by atoms with Gasteiger partial charge >= 0.3 is 0 Å². The minimum atomic E-state index is 0.539. The summed E-state index contributed by atoms with van der Waals surface area (Å²) < 4.78 is 5.34. The van der Waals surface area contributed by atoms with Crippen molar-refractivity contribution in [2.24, 2.45) is 5.92 Å². The predicted octanol–water partition coefficient (Wildman–Crippen LogP) is 4.03. The second-order valence-corrected chi connectivity index (χ2v) is 6.44. The van der Waals surface area contributed by atoms with Crippen LogP contribution in [0.3, 0.4) is 0 Å². The summed E-state index contributed by atoms with van der Waals surface area (Å²) >= 11 is 0. The van der Waals surface area contributed by atoms with E-state index >= 15 is 0 Å². The van der Waals surface area contributed by atoms with Crippen LogP contribution in [0, 0.1) is 18.9 Å². The molecule has 2 heterocycles. The summed E-state index contributed by atoms with van der Waals surface area (Å²) in [6.45, 7) is 6.26. The maximum Gasteiger partial charge on any atom is 0.140 e. The SMILES string of the molecule is [CH2]C1CCCN(c2ncnc3c[c]c4cc(OC)ccc4c23)CC1. The van der Waals surface area contributed by atoms with Crippen molar-refractivity contribution in [3.8, 4) is 5.75 Å². The van der Waals surface area contributed by atoms with Gasteiger partial charge in [-0.05, 0) is 66.3 Å². The monoisotopic (exact) mass is 319 g/mol. The third kappa shape index (κ3) is 2.66. The molecule has 122 valence electrons. The Balaban J connectivity index is 1.90. The van der Waals surface area contributed by atoms with Gasteiger partial charge in [0.2, 0.25) is 0 Å². The van der Waals surface area contributed by atoms with Crippen LogP contribution in [0.2, 0.25) is 0 Å². The van der Waals surface area contributed by atoms with Crippen LogP contribution < -0.4 is 9.64 Å². The van der Waals surface area contributed by atoms with Gasteiger partial charge in [-0.2, -0.15) is 0 Å². The number of hydrogen-bond acceptors (Lipinski definition) is 4. The number of rotatable bonds is 2. The van der Waals surface area contributed by atoms with Crippen LogP contribution in [-0.4, -0.2) is 30.2 Å². The lowest BCUT2D eigenvalue weighted by Gasteiger charge is -2.23. The molecule has 0 bridgehead atoms. The average Bonchev–Trinajstić information content (AvgIpc) is 2.85. The summed E-state index contributed by atoms with van der Waals surface area (Å²) in [5, 5.41) is 3.26.